The van der Waals surface area contributed by atoms with Gasteiger partial charge in [0.25, 0.3) is 0 Å². The number of unbranched alkanes of at least 4 members (excludes halogenated alkanes) is 1. The van der Waals surface area contributed by atoms with Crippen molar-refractivity contribution in [3.05, 3.63) is 0 Å². The summed E-state index contributed by atoms with van der Waals surface area (Å²) in [6, 6.07) is 0. The quantitative estimate of drug-likeness (QED) is 0.520. The lowest BCUT2D eigenvalue weighted by Crippen LogP contribution is -2.19. The maximum absolute atomic E-state index is 5.67. The van der Waals surface area contributed by atoms with Gasteiger partial charge in [-0.05, 0) is 43.9 Å². The fourth-order valence-corrected chi connectivity index (χ4v) is 2.70. The SMILES string of the molecule is CCCCOCC1CCC(CBr)CC1. The number of ether oxygens (including phenoxy) is 1. The summed E-state index contributed by atoms with van der Waals surface area (Å²) in [5, 5.41) is 1.19. The van der Waals surface area contributed by atoms with Crippen molar-refractivity contribution >= 4 is 15.9 Å². The lowest BCUT2D eigenvalue weighted by atomic mass is 9.83. The molecule has 84 valence electrons. The molecule has 0 saturated heterocycles. The zero-order valence-electron chi connectivity index (χ0n) is 9.30. The largest absolute Gasteiger partial charge is 0.381 e. The summed E-state index contributed by atoms with van der Waals surface area (Å²) in [6.45, 7) is 4.19. The van der Waals surface area contributed by atoms with Gasteiger partial charge in [-0.25, -0.2) is 0 Å². The molecule has 0 spiro atoms. The first-order valence-corrected chi connectivity index (χ1v) is 7.12. The Labute approximate surface area is 96.7 Å². The lowest BCUT2D eigenvalue weighted by molar-refractivity contribution is 0.0778. The predicted octanol–water partition coefficient (Wildman–Crippen LogP) is 4.00. The average molecular weight is 263 g/mol. The monoisotopic (exact) mass is 262 g/mol. The van der Waals surface area contributed by atoms with Gasteiger partial charge in [0.05, 0.1) is 0 Å². The molecule has 0 aromatic carbocycles. The molecule has 1 aliphatic carbocycles. The second-order valence-electron chi connectivity index (χ2n) is 4.47. The molecule has 0 aromatic heterocycles. The first kappa shape index (κ1) is 12.5. The van der Waals surface area contributed by atoms with Crippen LogP contribution in [0.5, 0.6) is 0 Å². The maximum atomic E-state index is 5.67. The van der Waals surface area contributed by atoms with E-state index in [-0.39, 0.29) is 0 Å². The highest BCUT2D eigenvalue weighted by molar-refractivity contribution is 9.09. The van der Waals surface area contributed by atoms with E-state index in [0.717, 1.165) is 25.0 Å². The molecule has 0 bridgehead atoms. The van der Waals surface area contributed by atoms with Crippen LogP contribution in [0, 0.1) is 11.8 Å². The Morgan fingerprint density at radius 3 is 2.36 bits per heavy atom. The maximum Gasteiger partial charge on any atom is 0.0494 e. The van der Waals surface area contributed by atoms with Gasteiger partial charge < -0.3 is 4.74 Å². The summed E-state index contributed by atoms with van der Waals surface area (Å²) in [7, 11) is 0. The first-order chi connectivity index (χ1) is 6.86. The topological polar surface area (TPSA) is 9.23 Å². The number of hydrogen-bond acceptors (Lipinski definition) is 1. The Balaban J connectivity index is 1.98. The molecule has 1 fully saturated rings. The summed E-state index contributed by atoms with van der Waals surface area (Å²) in [5.74, 6) is 1.78. The van der Waals surface area contributed by atoms with Gasteiger partial charge in [0, 0.05) is 18.5 Å². The van der Waals surface area contributed by atoms with Crippen LogP contribution in [-0.2, 0) is 4.74 Å². The molecule has 0 radical (unpaired) electrons. The summed E-state index contributed by atoms with van der Waals surface area (Å²) in [6.07, 6.45) is 8.01. The highest BCUT2D eigenvalue weighted by Crippen LogP contribution is 2.29. The van der Waals surface area contributed by atoms with E-state index in [1.165, 1.54) is 43.9 Å². The zero-order valence-corrected chi connectivity index (χ0v) is 10.9. The molecule has 1 aliphatic rings. The van der Waals surface area contributed by atoms with Gasteiger partial charge in [-0.1, -0.05) is 29.3 Å². The van der Waals surface area contributed by atoms with E-state index >= 15 is 0 Å². The Kier molecular flexibility index (Phi) is 6.88. The Morgan fingerprint density at radius 1 is 1.14 bits per heavy atom. The third-order valence-corrected chi connectivity index (χ3v) is 4.10. The Morgan fingerprint density at radius 2 is 1.79 bits per heavy atom. The highest BCUT2D eigenvalue weighted by atomic mass is 79.9. The summed E-state index contributed by atoms with van der Waals surface area (Å²) < 4.78 is 5.67. The van der Waals surface area contributed by atoms with Gasteiger partial charge in [0.2, 0.25) is 0 Å². The minimum Gasteiger partial charge on any atom is -0.381 e. The molecule has 0 aliphatic heterocycles. The minimum absolute atomic E-state index is 0.849. The molecule has 0 unspecified atom stereocenters. The van der Waals surface area contributed by atoms with E-state index in [4.69, 9.17) is 4.74 Å². The van der Waals surface area contributed by atoms with E-state index in [1.807, 2.05) is 0 Å². The molecule has 0 atom stereocenters. The molecule has 1 saturated carbocycles. The van der Waals surface area contributed by atoms with Gasteiger partial charge in [-0.3, -0.25) is 0 Å². The molecular formula is C12H23BrO. The van der Waals surface area contributed by atoms with Crippen LogP contribution in [0.1, 0.15) is 45.4 Å². The fourth-order valence-electron chi connectivity index (χ4n) is 2.05. The number of hydrogen-bond donors (Lipinski definition) is 0. The minimum atomic E-state index is 0.849. The standard InChI is InChI=1S/C12H23BrO/c1-2-3-8-14-10-12-6-4-11(9-13)5-7-12/h11-12H,2-10H2,1H3. The molecule has 0 heterocycles. The number of rotatable bonds is 6. The summed E-state index contributed by atoms with van der Waals surface area (Å²) in [4.78, 5) is 0. The normalized spacial score (nSPS) is 27.9. The van der Waals surface area contributed by atoms with Gasteiger partial charge in [-0.2, -0.15) is 0 Å². The molecule has 0 amide bonds. The molecule has 1 rings (SSSR count). The molecule has 0 N–H and O–H groups in total. The van der Waals surface area contributed by atoms with Crippen LogP contribution in [0.25, 0.3) is 0 Å². The predicted molar refractivity (Wildman–Crippen MR) is 65.0 cm³/mol. The van der Waals surface area contributed by atoms with E-state index < -0.39 is 0 Å². The molecule has 0 aromatic rings. The van der Waals surface area contributed by atoms with Gasteiger partial charge in [0.15, 0.2) is 0 Å². The number of halogens is 1. The second-order valence-corrected chi connectivity index (χ2v) is 5.12. The molecule has 14 heavy (non-hydrogen) atoms. The van der Waals surface area contributed by atoms with E-state index in [1.54, 1.807) is 0 Å². The van der Waals surface area contributed by atoms with E-state index in [0.29, 0.717) is 0 Å². The fraction of sp³-hybridized carbons (Fsp3) is 1.00. The van der Waals surface area contributed by atoms with Crippen molar-refractivity contribution < 1.29 is 4.74 Å². The van der Waals surface area contributed by atoms with Crippen molar-refractivity contribution in [3.63, 3.8) is 0 Å². The van der Waals surface area contributed by atoms with Crippen LogP contribution in [0.4, 0.5) is 0 Å². The third kappa shape index (κ3) is 4.79. The molecular weight excluding hydrogens is 240 g/mol. The first-order valence-electron chi connectivity index (χ1n) is 6.00. The smallest absolute Gasteiger partial charge is 0.0494 e. The van der Waals surface area contributed by atoms with Gasteiger partial charge in [0.1, 0.15) is 0 Å². The van der Waals surface area contributed by atoms with Gasteiger partial charge in [-0.15, -0.1) is 0 Å². The van der Waals surface area contributed by atoms with Crippen LogP contribution >= 0.6 is 15.9 Å². The van der Waals surface area contributed by atoms with E-state index in [9.17, 15) is 0 Å². The molecule has 2 heteroatoms. The van der Waals surface area contributed by atoms with Gasteiger partial charge >= 0.3 is 0 Å². The van der Waals surface area contributed by atoms with Crippen LogP contribution in [0.3, 0.4) is 0 Å². The lowest BCUT2D eigenvalue weighted by Gasteiger charge is -2.27. The summed E-state index contributed by atoms with van der Waals surface area (Å²) >= 11 is 3.57. The Bertz CT molecular complexity index is 130. The van der Waals surface area contributed by atoms with Crippen molar-refractivity contribution in [1.82, 2.24) is 0 Å². The van der Waals surface area contributed by atoms with Crippen LogP contribution in [-0.4, -0.2) is 18.5 Å². The van der Waals surface area contributed by atoms with Crippen molar-refractivity contribution in [3.8, 4) is 0 Å². The zero-order chi connectivity index (χ0) is 10.2. The third-order valence-electron chi connectivity index (χ3n) is 3.18. The molecule has 1 nitrogen and oxygen atoms in total. The van der Waals surface area contributed by atoms with Crippen molar-refractivity contribution in [2.75, 3.05) is 18.5 Å². The van der Waals surface area contributed by atoms with Crippen LogP contribution in [0.15, 0.2) is 0 Å². The van der Waals surface area contributed by atoms with Crippen molar-refractivity contribution in [1.29, 1.82) is 0 Å². The average Bonchev–Trinajstić information content (AvgIpc) is 2.25. The summed E-state index contributed by atoms with van der Waals surface area (Å²) in [5.41, 5.74) is 0. The van der Waals surface area contributed by atoms with Crippen LogP contribution in [0.2, 0.25) is 0 Å². The number of alkyl halides is 1. The highest BCUT2D eigenvalue weighted by Gasteiger charge is 2.20. The van der Waals surface area contributed by atoms with E-state index in [2.05, 4.69) is 22.9 Å². The van der Waals surface area contributed by atoms with Crippen molar-refractivity contribution in [2.24, 2.45) is 11.8 Å². The second kappa shape index (κ2) is 7.70. The Hall–Kier alpha value is 0.440. The van der Waals surface area contributed by atoms with Crippen LogP contribution < -0.4 is 0 Å². The van der Waals surface area contributed by atoms with Crippen molar-refractivity contribution in [2.45, 2.75) is 45.4 Å².